The number of rotatable bonds is 3. The molecule has 0 saturated heterocycles. The third kappa shape index (κ3) is 2.86. The van der Waals surface area contributed by atoms with E-state index >= 15 is 0 Å². The van der Waals surface area contributed by atoms with E-state index in [-0.39, 0.29) is 22.4 Å². The van der Waals surface area contributed by atoms with Crippen LogP contribution >= 0.6 is 11.3 Å². The van der Waals surface area contributed by atoms with E-state index in [0.29, 0.717) is 21.7 Å². The first kappa shape index (κ1) is 19.3. The van der Waals surface area contributed by atoms with Gasteiger partial charge in [-0.25, -0.2) is 4.98 Å². The van der Waals surface area contributed by atoms with Crippen LogP contribution in [0.1, 0.15) is 27.7 Å². The number of aromatic nitrogens is 1. The maximum Gasteiger partial charge on any atom is 0.297 e. The summed E-state index contributed by atoms with van der Waals surface area (Å²) in [6, 6.07) is 19.3. The molecule has 0 radical (unpaired) electrons. The fourth-order valence-electron chi connectivity index (χ4n) is 4.17. The first-order chi connectivity index (χ1) is 16.0. The molecule has 3 aromatic carbocycles. The summed E-state index contributed by atoms with van der Waals surface area (Å²) in [6.45, 7) is 0. The van der Waals surface area contributed by atoms with E-state index in [2.05, 4.69) is 4.98 Å². The molecule has 6 rings (SSSR count). The van der Waals surface area contributed by atoms with Gasteiger partial charge in [-0.05, 0) is 42.0 Å². The number of anilines is 1. The molecule has 0 bridgehead atoms. The predicted molar refractivity (Wildman–Crippen MR) is 124 cm³/mol. The Labute approximate surface area is 189 Å². The summed E-state index contributed by atoms with van der Waals surface area (Å²) < 4.78 is 6.81. The van der Waals surface area contributed by atoms with Gasteiger partial charge in [0.1, 0.15) is 5.58 Å². The van der Waals surface area contributed by atoms with Crippen molar-refractivity contribution < 1.29 is 14.1 Å². The lowest BCUT2D eigenvalue weighted by Crippen LogP contribution is -2.29. The number of non-ortho nitro benzene ring substituents is 1. The predicted octanol–water partition coefficient (Wildman–Crippen LogP) is 5.06. The molecule has 1 aliphatic rings. The number of nitro groups is 1. The minimum atomic E-state index is -0.824. The molecule has 1 amide bonds. The molecular weight excluding hydrogens is 442 g/mol. The molecule has 0 fully saturated rings. The number of para-hydroxylation sites is 2. The summed E-state index contributed by atoms with van der Waals surface area (Å²) >= 11 is 1.33. The minimum absolute atomic E-state index is 0.0405. The second-order valence-electron chi connectivity index (χ2n) is 7.56. The smallest absolute Gasteiger partial charge is 0.297 e. The number of hydrogen-bond acceptors (Lipinski definition) is 7. The maximum atomic E-state index is 13.6. The zero-order valence-corrected chi connectivity index (χ0v) is 17.6. The van der Waals surface area contributed by atoms with E-state index in [1.165, 1.54) is 28.4 Å². The summed E-state index contributed by atoms with van der Waals surface area (Å²) in [5.74, 6) is -0.517. The average Bonchev–Trinajstić information content (AvgIpc) is 3.38. The summed E-state index contributed by atoms with van der Waals surface area (Å²) in [6.07, 6.45) is 0. The van der Waals surface area contributed by atoms with Crippen molar-refractivity contribution in [2.75, 3.05) is 4.90 Å². The largest absolute Gasteiger partial charge is 0.450 e. The topological polar surface area (TPSA) is 107 Å². The lowest BCUT2D eigenvalue weighted by Gasteiger charge is -2.22. The normalized spacial score (nSPS) is 15.3. The fourth-order valence-corrected chi connectivity index (χ4v) is 5.17. The van der Waals surface area contributed by atoms with Crippen LogP contribution in [0.15, 0.2) is 82.0 Å². The molecule has 33 heavy (non-hydrogen) atoms. The molecule has 160 valence electrons. The molecule has 1 unspecified atom stereocenters. The second-order valence-corrected chi connectivity index (χ2v) is 8.57. The highest BCUT2D eigenvalue weighted by molar-refractivity contribution is 7.22. The van der Waals surface area contributed by atoms with Crippen molar-refractivity contribution in [1.29, 1.82) is 0 Å². The zero-order valence-electron chi connectivity index (χ0n) is 16.8. The van der Waals surface area contributed by atoms with Gasteiger partial charge in [0.25, 0.3) is 11.6 Å². The molecule has 9 heteroatoms. The third-order valence-corrected chi connectivity index (χ3v) is 6.72. The van der Waals surface area contributed by atoms with Crippen LogP contribution < -0.4 is 10.3 Å². The lowest BCUT2D eigenvalue weighted by atomic mass is 9.98. The van der Waals surface area contributed by atoms with Gasteiger partial charge in [0.2, 0.25) is 5.76 Å². The summed E-state index contributed by atoms with van der Waals surface area (Å²) in [7, 11) is 0. The number of amides is 1. The standard InChI is InChI=1S/C24H13N3O5S/c28-21-15-5-1-3-7-17(15)32-22-19(21)20(13-9-11-14(12-10-13)27(30)31)26(23(22)29)24-25-16-6-2-4-8-18(16)33-24/h1-12,20H. The van der Waals surface area contributed by atoms with Crippen molar-refractivity contribution in [2.24, 2.45) is 0 Å². The van der Waals surface area contributed by atoms with Crippen molar-refractivity contribution in [2.45, 2.75) is 6.04 Å². The minimum Gasteiger partial charge on any atom is -0.450 e. The Balaban J connectivity index is 1.62. The molecule has 1 aliphatic heterocycles. The molecule has 5 aromatic rings. The van der Waals surface area contributed by atoms with Crippen LogP contribution in [-0.4, -0.2) is 15.8 Å². The monoisotopic (exact) mass is 455 g/mol. The van der Waals surface area contributed by atoms with Gasteiger partial charge in [0, 0.05) is 12.1 Å². The van der Waals surface area contributed by atoms with E-state index in [9.17, 15) is 19.7 Å². The zero-order chi connectivity index (χ0) is 22.7. The molecule has 0 spiro atoms. The molecule has 3 heterocycles. The van der Waals surface area contributed by atoms with Crippen LogP contribution in [0.2, 0.25) is 0 Å². The number of benzene rings is 3. The van der Waals surface area contributed by atoms with Crippen LogP contribution in [0.4, 0.5) is 10.8 Å². The Bertz CT molecular complexity index is 1620. The molecule has 0 N–H and O–H groups in total. The van der Waals surface area contributed by atoms with Gasteiger partial charge in [-0.1, -0.05) is 35.6 Å². The summed E-state index contributed by atoms with van der Waals surface area (Å²) in [5, 5.41) is 11.9. The van der Waals surface area contributed by atoms with Crippen molar-refractivity contribution in [3.63, 3.8) is 0 Å². The third-order valence-electron chi connectivity index (χ3n) is 5.69. The SMILES string of the molecule is O=C1c2oc3ccccc3c(=O)c2C(c2ccc([N+](=O)[O-])cc2)N1c1nc2ccccc2s1. The van der Waals surface area contributed by atoms with Gasteiger partial charge >= 0.3 is 0 Å². The van der Waals surface area contributed by atoms with Gasteiger partial charge in [-0.3, -0.25) is 24.6 Å². The van der Waals surface area contributed by atoms with Crippen LogP contribution in [0.5, 0.6) is 0 Å². The Hall–Kier alpha value is -4.37. The highest BCUT2D eigenvalue weighted by Crippen LogP contribution is 2.43. The Morgan fingerprint density at radius 2 is 1.70 bits per heavy atom. The Morgan fingerprint density at radius 3 is 2.45 bits per heavy atom. The van der Waals surface area contributed by atoms with Gasteiger partial charge in [-0.2, -0.15) is 0 Å². The van der Waals surface area contributed by atoms with E-state index < -0.39 is 16.9 Å². The number of nitrogens with zero attached hydrogens (tertiary/aromatic N) is 3. The second kappa shape index (κ2) is 7.07. The van der Waals surface area contributed by atoms with Gasteiger partial charge in [0.05, 0.1) is 32.1 Å². The maximum absolute atomic E-state index is 13.6. The van der Waals surface area contributed by atoms with Crippen LogP contribution in [0, 0.1) is 10.1 Å². The highest BCUT2D eigenvalue weighted by atomic mass is 32.1. The van der Waals surface area contributed by atoms with Crippen LogP contribution in [0.3, 0.4) is 0 Å². The molecule has 0 saturated carbocycles. The fraction of sp³-hybridized carbons (Fsp3) is 0.0417. The first-order valence-corrected chi connectivity index (χ1v) is 10.8. The van der Waals surface area contributed by atoms with Crippen molar-refractivity contribution >= 4 is 49.2 Å². The molecule has 1 atom stereocenters. The Morgan fingerprint density at radius 1 is 0.970 bits per heavy atom. The number of hydrogen-bond donors (Lipinski definition) is 0. The molecular formula is C24H13N3O5S. The molecule has 2 aromatic heterocycles. The lowest BCUT2D eigenvalue weighted by molar-refractivity contribution is -0.384. The van der Waals surface area contributed by atoms with E-state index in [4.69, 9.17) is 4.42 Å². The number of thiazole rings is 1. The number of carbonyl (C=O) groups excluding carboxylic acids is 1. The number of carbonyl (C=O) groups is 1. The number of fused-ring (bicyclic) bond motifs is 3. The van der Waals surface area contributed by atoms with Crippen LogP contribution in [0.25, 0.3) is 21.2 Å². The van der Waals surface area contributed by atoms with Gasteiger partial charge in [-0.15, -0.1) is 0 Å². The highest BCUT2D eigenvalue weighted by Gasteiger charge is 2.45. The molecule has 0 aliphatic carbocycles. The van der Waals surface area contributed by atoms with Gasteiger partial charge in [0.15, 0.2) is 10.6 Å². The number of nitro benzene ring substituents is 1. The van der Waals surface area contributed by atoms with E-state index in [1.807, 2.05) is 24.3 Å². The van der Waals surface area contributed by atoms with Crippen molar-refractivity contribution in [3.8, 4) is 0 Å². The van der Waals surface area contributed by atoms with Crippen LogP contribution in [-0.2, 0) is 0 Å². The summed E-state index contributed by atoms with van der Waals surface area (Å²) in [4.78, 5) is 43.8. The quantitative estimate of drug-likeness (QED) is 0.278. The summed E-state index contributed by atoms with van der Waals surface area (Å²) in [5.41, 5.74) is 1.41. The Kier molecular flexibility index (Phi) is 4.14. The van der Waals surface area contributed by atoms with Crippen molar-refractivity contribution in [1.82, 2.24) is 4.98 Å². The van der Waals surface area contributed by atoms with E-state index in [1.54, 1.807) is 36.4 Å². The van der Waals surface area contributed by atoms with Crippen molar-refractivity contribution in [3.05, 3.63) is 110 Å². The van der Waals surface area contributed by atoms with E-state index in [0.717, 1.165) is 10.2 Å². The first-order valence-electron chi connectivity index (χ1n) is 10.0. The van der Waals surface area contributed by atoms with Gasteiger partial charge < -0.3 is 4.42 Å². The molecule has 8 nitrogen and oxygen atoms in total. The average molecular weight is 455 g/mol.